The van der Waals surface area contributed by atoms with Crippen molar-refractivity contribution in [1.29, 1.82) is 5.41 Å². The molecule has 0 unspecified atom stereocenters. The molecule has 1 fully saturated rings. The van der Waals surface area contributed by atoms with Crippen LogP contribution in [0.15, 0.2) is 35.0 Å². The summed E-state index contributed by atoms with van der Waals surface area (Å²) < 4.78 is 43.7. The average molecular weight is 531 g/mol. The zero-order valence-corrected chi connectivity index (χ0v) is 21.0. The highest BCUT2D eigenvalue weighted by Crippen LogP contribution is 2.41. The largest absolute Gasteiger partial charge is 0.507 e. The normalized spacial score (nSPS) is 14.0. The first-order valence-corrected chi connectivity index (χ1v) is 12.1. The van der Waals surface area contributed by atoms with Gasteiger partial charge in [-0.05, 0) is 30.5 Å². The van der Waals surface area contributed by atoms with Crippen LogP contribution in [-0.2, 0) is 0 Å². The SMILES string of the molecule is CN(C)c1ccc(-c2c(C(=O)NCC(F)(F)F)noc2-c2cc(C(=N)CC3CCCC3)c(N)cc2O)cn1. The number of hydrogen-bond acceptors (Lipinski definition) is 8. The van der Waals surface area contributed by atoms with Crippen LogP contribution in [0, 0.1) is 11.3 Å². The molecule has 1 saturated carbocycles. The van der Waals surface area contributed by atoms with Crippen molar-refractivity contribution in [1.82, 2.24) is 15.5 Å². The number of nitrogen functional groups attached to an aromatic ring is 1. The number of phenolic OH excluding ortho intramolecular Hbond substituents is 1. The molecule has 2 heterocycles. The van der Waals surface area contributed by atoms with E-state index in [9.17, 15) is 23.1 Å². The van der Waals surface area contributed by atoms with E-state index >= 15 is 0 Å². The Balaban J connectivity index is 1.80. The van der Waals surface area contributed by atoms with Crippen molar-refractivity contribution in [3.05, 3.63) is 41.7 Å². The van der Waals surface area contributed by atoms with Gasteiger partial charge in [0.1, 0.15) is 18.1 Å². The average Bonchev–Trinajstić information content (AvgIpc) is 3.52. The molecule has 38 heavy (non-hydrogen) atoms. The first-order valence-electron chi connectivity index (χ1n) is 12.1. The van der Waals surface area contributed by atoms with Crippen LogP contribution in [0.2, 0.25) is 0 Å². The molecule has 9 nitrogen and oxygen atoms in total. The van der Waals surface area contributed by atoms with Gasteiger partial charge in [-0.2, -0.15) is 13.2 Å². The van der Waals surface area contributed by atoms with Crippen LogP contribution in [0.25, 0.3) is 22.5 Å². The molecule has 0 saturated heterocycles. The van der Waals surface area contributed by atoms with Gasteiger partial charge in [-0.15, -0.1) is 0 Å². The Morgan fingerprint density at radius 1 is 1.26 bits per heavy atom. The van der Waals surface area contributed by atoms with Gasteiger partial charge in [0.2, 0.25) is 0 Å². The van der Waals surface area contributed by atoms with Crippen LogP contribution in [0.3, 0.4) is 0 Å². The van der Waals surface area contributed by atoms with Gasteiger partial charge in [0.05, 0.1) is 11.1 Å². The molecule has 1 aromatic carbocycles. The molecule has 12 heteroatoms. The van der Waals surface area contributed by atoms with Crippen molar-refractivity contribution >= 4 is 23.1 Å². The maximum Gasteiger partial charge on any atom is 0.405 e. The van der Waals surface area contributed by atoms with Crippen molar-refractivity contribution in [3.8, 4) is 28.2 Å². The minimum atomic E-state index is -4.62. The molecule has 1 amide bonds. The summed E-state index contributed by atoms with van der Waals surface area (Å²) >= 11 is 0. The monoisotopic (exact) mass is 530 g/mol. The summed E-state index contributed by atoms with van der Waals surface area (Å²) in [6.07, 6.45) is 1.64. The molecule has 0 aliphatic heterocycles. The van der Waals surface area contributed by atoms with E-state index in [1.165, 1.54) is 18.3 Å². The lowest BCUT2D eigenvalue weighted by Gasteiger charge is -2.15. The van der Waals surface area contributed by atoms with E-state index in [-0.39, 0.29) is 28.3 Å². The van der Waals surface area contributed by atoms with E-state index in [0.717, 1.165) is 25.7 Å². The van der Waals surface area contributed by atoms with E-state index in [0.29, 0.717) is 35.0 Å². The smallest absolute Gasteiger partial charge is 0.405 e. The fraction of sp³-hybridized carbons (Fsp3) is 0.385. The lowest BCUT2D eigenvalue weighted by Crippen LogP contribution is -2.34. The second-order valence-corrected chi connectivity index (χ2v) is 9.62. The number of amides is 1. The molecule has 4 rings (SSSR count). The van der Waals surface area contributed by atoms with Crippen LogP contribution in [0.4, 0.5) is 24.7 Å². The van der Waals surface area contributed by atoms with E-state index in [2.05, 4.69) is 10.1 Å². The van der Waals surface area contributed by atoms with Crippen LogP contribution >= 0.6 is 0 Å². The number of rotatable bonds is 8. The number of hydrogen-bond donors (Lipinski definition) is 4. The maximum absolute atomic E-state index is 12.8. The number of aromatic nitrogens is 2. The molecule has 0 spiro atoms. The van der Waals surface area contributed by atoms with Crippen molar-refractivity contribution in [3.63, 3.8) is 0 Å². The van der Waals surface area contributed by atoms with Gasteiger partial charge < -0.3 is 31.0 Å². The first-order chi connectivity index (χ1) is 17.9. The third-order valence-corrected chi connectivity index (χ3v) is 6.56. The quantitative estimate of drug-likeness (QED) is 0.237. The molecule has 1 aliphatic carbocycles. The number of nitrogens with zero attached hydrogens (tertiary/aromatic N) is 3. The molecule has 1 aliphatic rings. The standard InChI is InChI=1S/C26H29F3N6O3/c1-35(2)21-8-7-15(12-32-21)22-23(25(37)33-13-26(27,28)29)34-38-24(22)17-10-16(19(31)11-20(17)36)18(30)9-14-5-3-4-6-14/h7-8,10-12,14,30,36H,3-6,9,13,31H2,1-2H3,(H,33,37). The Bertz CT molecular complexity index is 1330. The lowest BCUT2D eigenvalue weighted by atomic mass is 9.92. The van der Waals surface area contributed by atoms with Crippen LogP contribution in [0.5, 0.6) is 5.75 Å². The zero-order chi connectivity index (χ0) is 27.6. The first kappa shape index (κ1) is 27.0. The molecular formula is C26H29F3N6O3. The number of benzene rings is 1. The van der Waals surface area contributed by atoms with Crippen LogP contribution in [0.1, 0.15) is 48.2 Å². The van der Waals surface area contributed by atoms with E-state index < -0.39 is 24.3 Å². The number of alkyl halides is 3. The number of nitrogens with two attached hydrogens (primary N) is 1. The number of halogens is 3. The maximum atomic E-state index is 12.8. The molecule has 0 radical (unpaired) electrons. The molecule has 202 valence electrons. The zero-order valence-electron chi connectivity index (χ0n) is 21.0. The fourth-order valence-corrected chi connectivity index (χ4v) is 4.62. The Morgan fingerprint density at radius 3 is 2.58 bits per heavy atom. The highest BCUT2D eigenvalue weighted by molar-refractivity contribution is 6.06. The minimum absolute atomic E-state index is 0.0517. The summed E-state index contributed by atoms with van der Waals surface area (Å²) in [6, 6.07) is 6.06. The van der Waals surface area contributed by atoms with Gasteiger partial charge in [0.25, 0.3) is 5.91 Å². The van der Waals surface area contributed by atoms with Gasteiger partial charge >= 0.3 is 6.18 Å². The Labute approximate surface area is 217 Å². The summed E-state index contributed by atoms with van der Waals surface area (Å²) in [5, 5.41) is 25.0. The van der Waals surface area contributed by atoms with Crippen molar-refractivity contribution in [2.24, 2.45) is 5.92 Å². The Kier molecular flexibility index (Phi) is 7.61. The highest BCUT2D eigenvalue weighted by atomic mass is 19.4. The number of anilines is 2. The number of pyridine rings is 1. The van der Waals surface area contributed by atoms with Gasteiger partial charge in [-0.1, -0.05) is 30.8 Å². The minimum Gasteiger partial charge on any atom is -0.507 e. The summed E-state index contributed by atoms with van der Waals surface area (Å²) in [5.41, 5.74) is 7.13. The number of carbonyl (C=O) groups excluding carboxylic acids is 1. The Morgan fingerprint density at radius 2 is 1.97 bits per heavy atom. The van der Waals surface area contributed by atoms with Crippen LogP contribution in [-0.4, -0.2) is 53.7 Å². The predicted molar refractivity (Wildman–Crippen MR) is 137 cm³/mol. The molecule has 0 bridgehead atoms. The number of nitrogens with one attached hydrogen (secondary N) is 2. The van der Waals surface area contributed by atoms with E-state index in [1.807, 2.05) is 0 Å². The van der Waals surface area contributed by atoms with Gasteiger partial charge in [0.15, 0.2) is 11.5 Å². The van der Waals surface area contributed by atoms with E-state index in [1.54, 1.807) is 36.4 Å². The summed E-state index contributed by atoms with van der Waals surface area (Å²) in [4.78, 5) is 18.8. The molecule has 2 aromatic heterocycles. The lowest BCUT2D eigenvalue weighted by molar-refractivity contribution is -0.123. The second-order valence-electron chi connectivity index (χ2n) is 9.62. The van der Waals surface area contributed by atoms with Gasteiger partial charge in [-0.25, -0.2) is 4.98 Å². The third kappa shape index (κ3) is 5.90. The topological polar surface area (TPSA) is 141 Å². The van der Waals surface area contributed by atoms with Crippen LogP contribution < -0.4 is 16.0 Å². The molecular weight excluding hydrogens is 501 g/mol. The van der Waals surface area contributed by atoms with Gasteiger partial charge in [0, 0.05) is 48.9 Å². The molecule has 5 N–H and O–H groups in total. The molecule has 3 aromatic rings. The fourth-order valence-electron chi connectivity index (χ4n) is 4.62. The van der Waals surface area contributed by atoms with Crippen molar-refractivity contribution < 1.29 is 27.6 Å². The molecule has 0 atom stereocenters. The number of phenols is 1. The van der Waals surface area contributed by atoms with Crippen molar-refractivity contribution in [2.45, 2.75) is 38.3 Å². The second kappa shape index (κ2) is 10.7. The summed E-state index contributed by atoms with van der Waals surface area (Å²) in [7, 11) is 3.58. The third-order valence-electron chi connectivity index (χ3n) is 6.56. The Hall–Kier alpha value is -4.09. The summed E-state index contributed by atoms with van der Waals surface area (Å²) in [6.45, 7) is -1.55. The predicted octanol–water partition coefficient (Wildman–Crippen LogP) is 5.00. The van der Waals surface area contributed by atoms with E-state index in [4.69, 9.17) is 15.7 Å². The number of carbonyl (C=O) groups is 1. The summed E-state index contributed by atoms with van der Waals surface area (Å²) in [5.74, 6) is -0.474. The highest BCUT2D eigenvalue weighted by Gasteiger charge is 2.32. The van der Waals surface area contributed by atoms with Crippen molar-refractivity contribution in [2.75, 3.05) is 31.3 Å². The van der Waals surface area contributed by atoms with Gasteiger partial charge in [-0.3, -0.25) is 4.79 Å². The number of aromatic hydroxyl groups is 1.